The van der Waals surface area contributed by atoms with Crippen molar-refractivity contribution in [1.82, 2.24) is 9.80 Å². The van der Waals surface area contributed by atoms with Crippen LogP contribution in [0, 0.1) is 0 Å². The van der Waals surface area contributed by atoms with E-state index in [1.807, 2.05) is 24.3 Å². The van der Waals surface area contributed by atoms with Crippen LogP contribution >= 0.6 is 0 Å². The number of nitrogens with two attached hydrogens (primary N) is 1. The maximum atomic E-state index is 11.8. The Labute approximate surface area is 215 Å². The van der Waals surface area contributed by atoms with Gasteiger partial charge in [-0.3, -0.25) is 19.3 Å². The number of aldehydes is 2. The van der Waals surface area contributed by atoms with E-state index in [9.17, 15) is 29.7 Å². The number of hydrogen-bond donors (Lipinski definition) is 5. The maximum Gasteiger partial charge on any atom is 0.258 e. The lowest BCUT2D eigenvalue weighted by atomic mass is 9.98. The van der Waals surface area contributed by atoms with Gasteiger partial charge in [-0.2, -0.15) is 0 Å². The summed E-state index contributed by atoms with van der Waals surface area (Å²) in [6, 6.07) is 12.5. The number of aliphatic hydroxyl groups is 3. The molecule has 200 valence electrons. The minimum Gasteiger partial charge on any atom is -0.381 e. The van der Waals surface area contributed by atoms with Gasteiger partial charge in [0.2, 0.25) is 5.91 Å². The molecule has 2 aromatic carbocycles. The van der Waals surface area contributed by atoms with Crippen LogP contribution in [-0.2, 0) is 33.3 Å². The van der Waals surface area contributed by atoms with Gasteiger partial charge in [0.15, 0.2) is 18.3 Å². The zero-order valence-corrected chi connectivity index (χ0v) is 20.8. The van der Waals surface area contributed by atoms with Crippen molar-refractivity contribution >= 4 is 24.2 Å². The van der Waals surface area contributed by atoms with Crippen LogP contribution in [0.2, 0.25) is 0 Å². The Morgan fingerprint density at radius 2 is 1.76 bits per heavy atom. The molecule has 1 amide bonds. The molecule has 0 aromatic heterocycles. The molecule has 1 heterocycles. The number of amides is 1. The highest BCUT2D eigenvalue weighted by Gasteiger charge is 2.47. The molecule has 1 atom stereocenters. The predicted octanol–water partition coefficient (Wildman–Crippen LogP) is 0.123. The van der Waals surface area contributed by atoms with Crippen molar-refractivity contribution in [3.8, 4) is 0 Å². The Kier molecular flexibility index (Phi) is 9.49. The van der Waals surface area contributed by atoms with E-state index in [0.29, 0.717) is 17.7 Å². The number of carbonyl (C=O) groups is 3. The molecule has 3 rings (SSSR count). The Hall–Kier alpha value is -3.19. The largest absolute Gasteiger partial charge is 0.381 e. The fourth-order valence-corrected chi connectivity index (χ4v) is 4.22. The summed E-state index contributed by atoms with van der Waals surface area (Å²) in [4.78, 5) is 37.6. The Morgan fingerprint density at radius 1 is 1.11 bits per heavy atom. The summed E-state index contributed by atoms with van der Waals surface area (Å²) in [5.74, 6) is -3.74. The van der Waals surface area contributed by atoms with E-state index in [-0.39, 0.29) is 29.5 Å². The molecule has 1 fully saturated rings. The van der Waals surface area contributed by atoms with E-state index in [2.05, 4.69) is 10.2 Å². The summed E-state index contributed by atoms with van der Waals surface area (Å²) in [6.07, 6.45) is -0.322. The molecule has 2 aromatic rings. The lowest BCUT2D eigenvalue weighted by Gasteiger charge is -2.42. The summed E-state index contributed by atoms with van der Waals surface area (Å²) in [5.41, 5.74) is 4.64. The van der Waals surface area contributed by atoms with Crippen molar-refractivity contribution in [1.29, 1.82) is 0 Å². The number of hydrogen-bond acceptors (Lipinski definition) is 10. The monoisotopic (exact) mass is 514 g/mol. The first-order valence-corrected chi connectivity index (χ1v) is 12.0. The molecule has 1 unspecified atom stereocenters. The molecule has 37 heavy (non-hydrogen) atoms. The van der Waals surface area contributed by atoms with E-state index in [1.54, 1.807) is 12.1 Å². The Morgan fingerprint density at radius 3 is 2.35 bits per heavy atom. The second-order valence-electron chi connectivity index (χ2n) is 9.10. The van der Waals surface area contributed by atoms with E-state index >= 15 is 0 Å². The van der Waals surface area contributed by atoms with Gasteiger partial charge in [0.1, 0.15) is 0 Å². The van der Waals surface area contributed by atoms with E-state index in [4.69, 9.17) is 10.5 Å². The first-order chi connectivity index (χ1) is 17.6. The quantitative estimate of drug-likeness (QED) is 0.183. The number of ether oxygens (including phenoxy) is 1. The summed E-state index contributed by atoms with van der Waals surface area (Å²) in [6.45, 7) is 4.35. The average molecular weight is 515 g/mol. The van der Waals surface area contributed by atoms with Crippen LogP contribution in [0.25, 0.3) is 0 Å². The number of benzene rings is 2. The van der Waals surface area contributed by atoms with Gasteiger partial charge < -0.3 is 31.1 Å². The maximum absolute atomic E-state index is 11.8. The summed E-state index contributed by atoms with van der Waals surface area (Å²) in [5, 5.41) is 36.1. The van der Waals surface area contributed by atoms with Crippen LogP contribution in [0.4, 0.5) is 5.69 Å². The molecule has 0 bridgehead atoms. The first-order valence-electron chi connectivity index (χ1n) is 12.0. The highest BCUT2D eigenvalue weighted by Crippen LogP contribution is 2.35. The average Bonchev–Trinajstić information content (AvgIpc) is 2.91. The van der Waals surface area contributed by atoms with Gasteiger partial charge in [-0.1, -0.05) is 36.4 Å². The molecule has 0 aliphatic carbocycles. The molecule has 1 aliphatic rings. The highest BCUT2D eigenvalue weighted by atomic mass is 16.5. The fourth-order valence-electron chi connectivity index (χ4n) is 4.22. The molecule has 6 N–H and O–H groups in total. The lowest BCUT2D eigenvalue weighted by Crippen LogP contribution is -2.59. The molecule has 0 radical (unpaired) electrons. The van der Waals surface area contributed by atoms with Gasteiger partial charge in [0.05, 0.1) is 18.8 Å². The van der Waals surface area contributed by atoms with Crippen molar-refractivity contribution in [2.75, 3.05) is 38.7 Å². The molecule has 1 aliphatic heterocycles. The molecular weight excluding hydrogens is 480 g/mol. The standard InChI is InChI=1S/C26H34N4O7/c1-29(25(34,18-32)10-9-23(27)33)26(35,36)24-21(17-31)3-2-4-22(24)28-15-19-5-7-20(8-6-19)16-30-11-13-37-14-12-30/h2-8,17-18,28,34-36H,9-16H2,1H3,(H2,27,33). The summed E-state index contributed by atoms with van der Waals surface area (Å²) in [7, 11) is 1.09. The van der Waals surface area contributed by atoms with Crippen molar-refractivity contribution < 1.29 is 34.4 Å². The third-order valence-electron chi connectivity index (χ3n) is 6.55. The fraction of sp³-hybridized carbons (Fsp3) is 0.423. The smallest absolute Gasteiger partial charge is 0.258 e. The van der Waals surface area contributed by atoms with Gasteiger partial charge in [-0.25, -0.2) is 4.90 Å². The number of carbonyl (C=O) groups excluding carboxylic acids is 3. The van der Waals surface area contributed by atoms with Crippen molar-refractivity contribution in [3.63, 3.8) is 0 Å². The second kappa shape index (κ2) is 12.4. The van der Waals surface area contributed by atoms with Gasteiger partial charge in [0.25, 0.3) is 5.91 Å². The highest BCUT2D eigenvalue weighted by molar-refractivity contribution is 5.81. The lowest BCUT2D eigenvalue weighted by molar-refractivity contribution is -0.318. The van der Waals surface area contributed by atoms with Crippen molar-refractivity contribution in [3.05, 3.63) is 64.7 Å². The van der Waals surface area contributed by atoms with Crippen LogP contribution in [0.1, 0.15) is 39.9 Å². The second-order valence-corrected chi connectivity index (χ2v) is 9.10. The normalized spacial score (nSPS) is 16.2. The number of morpholine rings is 1. The third kappa shape index (κ3) is 6.98. The van der Waals surface area contributed by atoms with Crippen LogP contribution in [0.5, 0.6) is 0 Å². The van der Waals surface area contributed by atoms with E-state index in [0.717, 1.165) is 51.0 Å². The number of primary amides is 1. The molecule has 0 saturated carbocycles. The summed E-state index contributed by atoms with van der Waals surface area (Å²) < 4.78 is 5.38. The van der Waals surface area contributed by atoms with Crippen LogP contribution in [-0.4, -0.2) is 82.7 Å². The number of nitrogens with one attached hydrogen (secondary N) is 1. The number of likely N-dealkylation sites (N-methyl/N-ethyl adjacent to an activating group) is 1. The van der Waals surface area contributed by atoms with Crippen LogP contribution < -0.4 is 11.1 Å². The summed E-state index contributed by atoms with van der Waals surface area (Å²) >= 11 is 0. The Bertz CT molecular complexity index is 1090. The van der Waals surface area contributed by atoms with E-state index in [1.165, 1.54) is 6.07 Å². The van der Waals surface area contributed by atoms with Crippen LogP contribution in [0.15, 0.2) is 42.5 Å². The van der Waals surface area contributed by atoms with Gasteiger partial charge in [-0.05, 0) is 24.2 Å². The zero-order chi connectivity index (χ0) is 27.1. The van der Waals surface area contributed by atoms with Crippen molar-refractivity contribution in [2.45, 2.75) is 37.6 Å². The third-order valence-corrected chi connectivity index (χ3v) is 6.55. The van der Waals surface area contributed by atoms with E-state index < -0.39 is 24.0 Å². The minimum absolute atomic E-state index is 0.0640. The van der Waals surface area contributed by atoms with Gasteiger partial charge in [0, 0.05) is 50.3 Å². The number of rotatable bonds is 13. The minimum atomic E-state index is -2.96. The predicted molar refractivity (Wildman–Crippen MR) is 135 cm³/mol. The van der Waals surface area contributed by atoms with Crippen LogP contribution in [0.3, 0.4) is 0 Å². The molecule has 0 spiro atoms. The molecule has 1 saturated heterocycles. The SMILES string of the molecule is CN(C(O)(C=O)CCC(N)=O)C(O)(O)c1c(C=O)cccc1NCc1ccc(CN2CCOCC2)cc1. The number of nitrogens with zero attached hydrogens (tertiary/aromatic N) is 2. The molecule has 11 nitrogen and oxygen atoms in total. The topological polar surface area (TPSA) is 166 Å². The van der Waals surface area contributed by atoms with Gasteiger partial charge in [-0.15, -0.1) is 0 Å². The first kappa shape index (κ1) is 28.4. The van der Waals surface area contributed by atoms with Crippen molar-refractivity contribution in [2.24, 2.45) is 5.73 Å². The zero-order valence-electron chi connectivity index (χ0n) is 20.8. The Balaban J connectivity index is 1.80. The molecular formula is C26H34N4O7. The van der Waals surface area contributed by atoms with Gasteiger partial charge >= 0.3 is 0 Å². The number of anilines is 1. The molecule has 11 heteroatoms.